The van der Waals surface area contributed by atoms with Crippen molar-refractivity contribution < 1.29 is 8.42 Å². The lowest BCUT2D eigenvalue weighted by Crippen LogP contribution is -2.04. The maximum absolute atomic E-state index is 12.5. The SMILES string of the molecule is Cc1ccc(S(=O)(=O)Cc2c[nH]c3cccc(Cl)c23)cc1. The highest BCUT2D eigenvalue weighted by Crippen LogP contribution is 2.29. The van der Waals surface area contributed by atoms with E-state index in [1.807, 2.05) is 19.1 Å². The van der Waals surface area contributed by atoms with Crippen LogP contribution in [0.3, 0.4) is 0 Å². The van der Waals surface area contributed by atoms with Gasteiger partial charge in [0.25, 0.3) is 0 Å². The topological polar surface area (TPSA) is 49.9 Å². The van der Waals surface area contributed by atoms with E-state index in [0.29, 0.717) is 15.5 Å². The van der Waals surface area contributed by atoms with Crippen molar-refractivity contribution in [3.63, 3.8) is 0 Å². The molecule has 0 aliphatic rings. The van der Waals surface area contributed by atoms with Gasteiger partial charge in [0.15, 0.2) is 9.84 Å². The molecule has 5 heteroatoms. The number of hydrogen-bond acceptors (Lipinski definition) is 2. The minimum absolute atomic E-state index is 0.0696. The van der Waals surface area contributed by atoms with Crippen molar-refractivity contribution in [1.29, 1.82) is 0 Å². The molecular weight excluding hydrogens is 306 g/mol. The summed E-state index contributed by atoms with van der Waals surface area (Å²) in [6.07, 6.45) is 1.71. The molecular formula is C16H14ClNO2S. The van der Waals surface area contributed by atoms with Crippen molar-refractivity contribution in [3.8, 4) is 0 Å². The van der Waals surface area contributed by atoms with Gasteiger partial charge in [0.2, 0.25) is 0 Å². The van der Waals surface area contributed by atoms with Crippen molar-refractivity contribution in [1.82, 2.24) is 4.98 Å². The highest BCUT2D eigenvalue weighted by molar-refractivity contribution is 7.90. The zero-order chi connectivity index (χ0) is 15.0. The molecule has 3 nitrogen and oxygen atoms in total. The molecule has 0 aliphatic carbocycles. The second-order valence-electron chi connectivity index (χ2n) is 5.05. The van der Waals surface area contributed by atoms with Gasteiger partial charge in [-0.15, -0.1) is 0 Å². The van der Waals surface area contributed by atoms with E-state index in [2.05, 4.69) is 4.98 Å². The van der Waals surface area contributed by atoms with Gasteiger partial charge in [-0.1, -0.05) is 35.4 Å². The van der Waals surface area contributed by atoms with Crippen LogP contribution in [0, 0.1) is 6.92 Å². The van der Waals surface area contributed by atoms with E-state index in [-0.39, 0.29) is 5.75 Å². The normalized spacial score (nSPS) is 11.9. The third kappa shape index (κ3) is 2.69. The van der Waals surface area contributed by atoms with Crippen LogP contribution in [-0.2, 0) is 15.6 Å². The zero-order valence-electron chi connectivity index (χ0n) is 11.4. The number of benzene rings is 2. The highest BCUT2D eigenvalue weighted by atomic mass is 35.5. The summed E-state index contributed by atoms with van der Waals surface area (Å²) >= 11 is 6.18. The van der Waals surface area contributed by atoms with E-state index in [9.17, 15) is 8.42 Å². The Morgan fingerprint density at radius 3 is 2.52 bits per heavy atom. The van der Waals surface area contributed by atoms with Gasteiger partial charge in [0, 0.05) is 17.1 Å². The minimum Gasteiger partial charge on any atom is -0.361 e. The summed E-state index contributed by atoms with van der Waals surface area (Å²) in [6, 6.07) is 12.4. The molecule has 0 fully saturated rings. The first-order chi connectivity index (χ1) is 9.97. The van der Waals surface area contributed by atoms with Gasteiger partial charge in [0.1, 0.15) is 0 Å². The molecule has 3 rings (SSSR count). The molecule has 0 spiro atoms. The van der Waals surface area contributed by atoms with Crippen LogP contribution in [0.1, 0.15) is 11.1 Å². The smallest absolute Gasteiger partial charge is 0.182 e. The fraction of sp³-hybridized carbons (Fsp3) is 0.125. The molecule has 2 aromatic carbocycles. The molecule has 1 heterocycles. The van der Waals surface area contributed by atoms with E-state index in [0.717, 1.165) is 16.5 Å². The average Bonchev–Trinajstić information content (AvgIpc) is 2.83. The van der Waals surface area contributed by atoms with Crippen LogP contribution in [-0.4, -0.2) is 13.4 Å². The minimum atomic E-state index is -3.39. The zero-order valence-corrected chi connectivity index (χ0v) is 13.0. The van der Waals surface area contributed by atoms with Crippen molar-refractivity contribution in [2.75, 3.05) is 0 Å². The summed E-state index contributed by atoms with van der Waals surface area (Å²) in [5.74, 6) is -0.0696. The summed E-state index contributed by atoms with van der Waals surface area (Å²) < 4.78 is 25.0. The van der Waals surface area contributed by atoms with Crippen molar-refractivity contribution in [2.45, 2.75) is 17.6 Å². The van der Waals surface area contributed by atoms with Crippen LogP contribution < -0.4 is 0 Å². The Bertz CT molecular complexity index is 896. The molecule has 1 aromatic heterocycles. The Balaban J connectivity index is 2.03. The number of aryl methyl sites for hydroxylation is 1. The quantitative estimate of drug-likeness (QED) is 0.790. The third-order valence-corrected chi connectivity index (χ3v) is 5.46. The fourth-order valence-corrected chi connectivity index (χ4v) is 4.01. The number of rotatable bonds is 3. The summed E-state index contributed by atoms with van der Waals surface area (Å²) in [4.78, 5) is 3.39. The van der Waals surface area contributed by atoms with Gasteiger partial charge in [-0.2, -0.15) is 0 Å². The van der Waals surface area contributed by atoms with E-state index in [1.54, 1.807) is 36.5 Å². The lowest BCUT2D eigenvalue weighted by atomic mass is 10.2. The first-order valence-corrected chi connectivity index (χ1v) is 8.54. The molecule has 0 radical (unpaired) electrons. The van der Waals surface area contributed by atoms with Crippen LogP contribution in [0.4, 0.5) is 0 Å². The molecule has 0 amide bonds. The van der Waals surface area contributed by atoms with Gasteiger partial charge in [-0.25, -0.2) is 8.42 Å². The molecule has 0 saturated heterocycles. The number of sulfone groups is 1. The Hall–Kier alpha value is -1.78. The Morgan fingerprint density at radius 2 is 1.81 bits per heavy atom. The average molecular weight is 320 g/mol. The summed E-state index contributed by atoms with van der Waals surface area (Å²) in [5.41, 5.74) is 2.57. The van der Waals surface area contributed by atoms with Gasteiger partial charge in [0.05, 0.1) is 15.7 Å². The molecule has 0 bridgehead atoms. The predicted octanol–water partition coefficient (Wildman–Crippen LogP) is 4.10. The molecule has 0 saturated carbocycles. The summed E-state index contributed by atoms with van der Waals surface area (Å²) in [7, 11) is -3.39. The molecule has 3 aromatic rings. The van der Waals surface area contributed by atoms with Gasteiger partial charge in [-0.3, -0.25) is 0 Å². The molecule has 21 heavy (non-hydrogen) atoms. The molecule has 0 aliphatic heterocycles. The van der Waals surface area contributed by atoms with E-state index in [4.69, 9.17) is 11.6 Å². The second kappa shape index (κ2) is 5.20. The first-order valence-electron chi connectivity index (χ1n) is 6.51. The molecule has 0 atom stereocenters. The third-order valence-electron chi connectivity index (χ3n) is 3.46. The number of aromatic amines is 1. The Labute approximate surface area is 128 Å². The van der Waals surface area contributed by atoms with Crippen LogP contribution in [0.5, 0.6) is 0 Å². The molecule has 108 valence electrons. The number of halogens is 1. The lowest BCUT2D eigenvalue weighted by Gasteiger charge is -2.05. The Kier molecular flexibility index (Phi) is 3.51. The van der Waals surface area contributed by atoms with Crippen molar-refractivity contribution in [3.05, 3.63) is 64.8 Å². The van der Waals surface area contributed by atoms with Crippen molar-refractivity contribution >= 4 is 32.3 Å². The van der Waals surface area contributed by atoms with Gasteiger partial charge in [-0.05, 0) is 36.8 Å². The van der Waals surface area contributed by atoms with Crippen LogP contribution in [0.15, 0.2) is 53.6 Å². The van der Waals surface area contributed by atoms with Crippen LogP contribution in [0.25, 0.3) is 10.9 Å². The predicted molar refractivity (Wildman–Crippen MR) is 85.4 cm³/mol. The number of fused-ring (bicyclic) bond motifs is 1. The Morgan fingerprint density at radius 1 is 1.10 bits per heavy atom. The maximum Gasteiger partial charge on any atom is 0.182 e. The van der Waals surface area contributed by atoms with E-state index >= 15 is 0 Å². The van der Waals surface area contributed by atoms with E-state index < -0.39 is 9.84 Å². The monoisotopic (exact) mass is 319 g/mol. The van der Waals surface area contributed by atoms with Crippen LogP contribution >= 0.6 is 11.6 Å². The highest BCUT2D eigenvalue weighted by Gasteiger charge is 2.18. The summed E-state index contributed by atoms with van der Waals surface area (Å²) in [6.45, 7) is 1.93. The fourth-order valence-electron chi connectivity index (χ4n) is 2.36. The summed E-state index contributed by atoms with van der Waals surface area (Å²) in [5, 5.41) is 1.33. The molecule has 0 unspecified atom stereocenters. The first kappa shape index (κ1) is 14.2. The lowest BCUT2D eigenvalue weighted by molar-refractivity contribution is 0.595. The number of nitrogens with one attached hydrogen (secondary N) is 1. The largest absolute Gasteiger partial charge is 0.361 e. The van der Waals surface area contributed by atoms with Gasteiger partial charge >= 0.3 is 0 Å². The number of H-pyrrole nitrogens is 1. The van der Waals surface area contributed by atoms with Gasteiger partial charge < -0.3 is 4.98 Å². The standard InChI is InChI=1S/C16H14ClNO2S/c1-11-5-7-13(8-6-11)21(19,20)10-12-9-18-15-4-2-3-14(17)16(12)15/h2-9,18H,10H2,1H3. The van der Waals surface area contributed by atoms with E-state index in [1.165, 1.54) is 0 Å². The molecule has 1 N–H and O–H groups in total. The number of hydrogen-bond donors (Lipinski definition) is 1. The van der Waals surface area contributed by atoms with Crippen LogP contribution in [0.2, 0.25) is 5.02 Å². The second-order valence-corrected chi connectivity index (χ2v) is 7.45. The van der Waals surface area contributed by atoms with Crippen molar-refractivity contribution in [2.24, 2.45) is 0 Å². The maximum atomic E-state index is 12.5. The number of aromatic nitrogens is 1.